The lowest BCUT2D eigenvalue weighted by Crippen LogP contribution is -2.14. The Hall–Kier alpha value is 0. The van der Waals surface area contributed by atoms with Gasteiger partial charge in [-0.1, -0.05) is 265 Å². The monoisotopic (exact) mass is 660 g/mol. The zero-order chi connectivity index (χ0) is 34.1. The van der Waals surface area contributed by atoms with Gasteiger partial charge in [-0.3, -0.25) is 0 Å². The molecule has 0 aliphatic carbocycles. The van der Waals surface area contributed by atoms with E-state index in [1.807, 2.05) is 5.92 Å². The molecule has 0 rings (SSSR count). The topological polar surface area (TPSA) is 0 Å². The van der Waals surface area contributed by atoms with Gasteiger partial charge in [-0.25, -0.2) is 0 Å². The van der Waals surface area contributed by atoms with Crippen molar-refractivity contribution in [2.75, 3.05) is 0 Å². The molecule has 1 atom stereocenters. The molecular formula is C47H95. The van der Waals surface area contributed by atoms with Crippen LogP contribution in [0, 0.1) is 11.8 Å². The van der Waals surface area contributed by atoms with Gasteiger partial charge in [0.15, 0.2) is 0 Å². The molecule has 0 spiro atoms. The molecule has 0 saturated carbocycles. The molecule has 0 aromatic carbocycles. The van der Waals surface area contributed by atoms with E-state index in [4.69, 9.17) is 0 Å². The predicted molar refractivity (Wildman–Crippen MR) is 219 cm³/mol. The Kier molecular flexibility index (Phi) is 42.2. The fourth-order valence-corrected chi connectivity index (χ4v) is 7.99. The minimum absolute atomic E-state index is 0.942. The summed E-state index contributed by atoms with van der Waals surface area (Å²) < 4.78 is 0. The smallest absolute Gasteiger partial charge is 0.0210 e. The van der Waals surface area contributed by atoms with E-state index in [-0.39, 0.29) is 0 Å². The summed E-state index contributed by atoms with van der Waals surface area (Å²) in [6, 6.07) is 0. The molecule has 1 radical (unpaired) electrons. The highest BCUT2D eigenvalue weighted by Crippen LogP contribution is 2.35. The zero-order valence-corrected chi connectivity index (χ0v) is 34.1. The maximum Gasteiger partial charge on any atom is -0.0210 e. The molecule has 0 N–H and O–H groups in total. The molecular weight excluding hydrogens is 565 g/mol. The molecule has 0 aliphatic heterocycles. The molecule has 0 heterocycles. The molecule has 0 fully saturated rings. The second-order valence-electron chi connectivity index (χ2n) is 16.1. The van der Waals surface area contributed by atoms with Crippen LogP contribution in [0.3, 0.4) is 0 Å². The Bertz CT molecular complexity index is 522. The van der Waals surface area contributed by atoms with E-state index in [0.29, 0.717) is 0 Å². The van der Waals surface area contributed by atoms with Crippen molar-refractivity contribution >= 4 is 0 Å². The van der Waals surface area contributed by atoms with Crippen molar-refractivity contribution < 1.29 is 0 Å². The molecule has 0 aromatic rings. The first-order valence-corrected chi connectivity index (χ1v) is 23.1. The highest BCUT2D eigenvalue weighted by Gasteiger charge is 2.21. The second-order valence-corrected chi connectivity index (χ2v) is 16.1. The standard InChI is InChI=1S/C47H95/c1-5-9-13-17-21-24-26-28-32-36-40-44-46(42-38-34-30-20-16-12-8-4)47(43-39-35-31-23-19-15-11-7-3)45-41-37-33-29-27-25-22-18-14-10-6-2/h47H,5-45H2,1-4H3. The maximum absolute atomic E-state index is 2.35. The summed E-state index contributed by atoms with van der Waals surface area (Å²) in [6.07, 6.45) is 60.2. The quantitative estimate of drug-likeness (QED) is 0.0572. The van der Waals surface area contributed by atoms with Crippen LogP contribution in [0.5, 0.6) is 0 Å². The number of hydrogen-bond donors (Lipinski definition) is 0. The van der Waals surface area contributed by atoms with Crippen molar-refractivity contribution in [2.45, 2.75) is 291 Å². The largest absolute Gasteiger partial charge is 0.0654 e. The van der Waals surface area contributed by atoms with Crippen LogP contribution in [0.1, 0.15) is 291 Å². The van der Waals surface area contributed by atoms with Crippen LogP contribution in [0.25, 0.3) is 0 Å². The SMILES string of the molecule is CCCCCCCCCCCCC[C](CCCCCCCCC)C(CCCCCCCCCC)CCCCCCCCCCCCC. The zero-order valence-electron chi connectivity index (χ0n) is 34.1. The summed E-state index contributed by atoms with van der Waals surface area (Å²) in [5.74, 6) is 2.97. The number of rotatable bonds is 42. The van der Waals surface area contributed by atoms with Gasteiger partial charge in [0.05, 0.1) is 0 Å². The van der Waals surface area contributed by atoms with E-state index in [1.54, 1.807) is 0 Å². The average Bonchev–Trinajstić information content (AvgIpc) is 3.08. The first-order valence-electron chi connectivity index (χ1n) is 23.1. The fraction of sp³-hybridized carbons (Fsp3) is 0.979. The van der Waals surface area contributed by atoms with Crippen LogP contribution >= 0.6 is 0 Å². The van der Waals surface area contributed by atoms with E-state index in [2.05, 4.69) is 27.7 Å². The van der Waals surface area contributed by atoms with Gasteiger partial charge in [0, 0.05) is 0 Å². The molecule has 0 amide bonds. The Labute approximate surface area is 302 Å². The fourth-order valence-electron chi connectivity index (χ4n) is 7.99. The van der Waals surface area contributed by atoms with Crippen LogP contribution in [-0.4, -0.2) is 0 Å². The van der Waals surface area contributed by atoms with Crippen molar-refractivity contribution in [3.05, 3.63) is 5.92 Å². The Balaban J connectivity index is 4.72. The molecule has 0 saturated heterocycles. The van der Waals surface area contributed by atoms with Crippen LogP contribution < -0.4 is 0 Å². The number of unbranched alkanes of at least 4 members (excludes halogenated alkanes) is 33. The Morgan fingerprint density at radius 1 is 0.234 bits per heavy atom. The Morgan fingerprint density at radius 3 is 0.660 bits per heavy atom. The second kappa shape index (κ2) is 42.2. The molecule has 0 heteroatoms. The first kappa shape index (κ1) is 47.0. The third kappa shape index (κ3) is 37.1. The van der Waals surface area contributed by atoms with E-state index in [9.17, 15) is 0 Å². The summed E-state index contributed by atoms with van der Waals surface area (Å²) in [5.41, 5.74) is 0. The Morgan fingerprint density at radius 2 is 0.426 bits per heavy atom. The minimum atomic E-state index is 0.942. The van der Waals surface area contributed by atoms with Crippen molar-refractivity contribution in [2.24, 2.45) is 5.92 Å². The van der Waals surface area contributed by atoms with Gasteiger partial charge < -0.3 is 0 Å². The van der Waals surface area contributed by atoms with Gasteiger partial charge in [-0.15, -0.1) is 0 Å². The van der Waals surface area contributed by atoms with Crippen LogP contribution in [-0.2, 0) is 0 Å². The summed E-state index contributed by atoms with van der Waals surface area (Å²) in [4.78, 5) is 0. The molecule has 0 nitrogen and oxygen atoms in total. The number of hydrogen-bond acceptors (Lipinski definition) is 0. The lowest BCUT2D eigenvalue weighted by Gasteiger charge is -2.28. The van der Waals surface area contributed by atoms with Crippen molar-refractivity contribution in [3.63, 3.8) is 0 Å². The summed E-state index contributed by atoms with van der Waals surface area (Å²) in [5, 5.41) is 0. The predicted octanol–water partition coefficient (Wildman–Crippen LogP) is 18.3. The van der Waals surface area contributed by atoms with E-state index >= 15 is 0 Å². The summed E-state index contributed by atoms with van der Waals surface area (Å²) in [7, 11) is 0. The van der Waals surface area contributed by atoms with E-state index in [1.165, 1.54) is 263 Å². The molecule has 0 bridgehead atoms. The first-order chi connectivity index (χ1) is 23.3. The van der Waals surface area contributed by atoms with E-state index < -0.39 is 0 Å². The highest BCUT2D eigenvalue weighted by molar-refractivity contribution is 4.96. The molecule has 1 unspecified atom stereocenters. The summed E-state index contributed by atoms with van der Waals surface area (Å²) in [6.45, 7) is 9.34. The lowest BCUT2D eigenvalue weighted by molar-refractivity contribution is 0.370. The maximum atomic E-state index is 2.35. The van der Waals surface area contributed by atoms with Crippen LogP contribution in [0.4, 0.5) is 0 Å². The van der Waals surface area contributed by atoms with Gasteiger partial charge in [-0.05, 0) is 37.5 Å². The third-order valence-corrected chi connectivity index (χ3v) is 11.3. The lowest BCUT2D eigenvalue weighted by atomic mass is 9.78. The van der Waals surface area contributed by atoms with Gasteiger partial charge in [0.1, 0.15) is 0 Å². The summed E-state index contributed by atoms with van der Waals surface area (Å²) >= 11 is 0. The molecule has 0 aromatic heterocycles. The normalized spacial score (nSPS) is 12.4. The van der Waals surface area contributed by atoms with Gasteiger partial charge in [0.2, 0.25) is 0 Å². The van der Waals surface area contributed by atoms with Crippen molar-refractivity contribution in [1.82, 2.24) is 0 Å². The molecule has 0 aliphatic rings. The van der Waals surface area contributed by atoms with Crippen molar-refractivity contribution in [1.29, 1.82) is 0 Å². The van der Waals surface area contributed by atoms with Crippen molar-refractivity contribution in [3.8, 4) is 0 Å². The van der Waals surface area contributed by atoms with E-state index in [0.717, 1.165) is 5.92 Å². The molecule has 47 heavy (non-hydrogen) atoms. The van der Waals surface area contributed by atoms with Gasteiger partial charge >= 0.3 is 0 Å². The van der Waals surface area contributed by atoms with Gasteiger partial charge in [-0.2, -0.15) is 0 Å². The minimum Gasteiger partial charge on any atom is -0.0654 e. The average molecular weight is 660 g/mol. The van der Waals surface area contributed by atoms with Crippen LogP contribution in [0.2, 0.25) is 0 Å². The molecule has 283 valence electrons. The van der Waals surface area contributed by atoms with Gasteiger partial charge in [0.25, 0.3) is 0 Å². The highest BCUT2D eigenvalue weighted by atomic mass is 14.3. The van der Waals surface area contributed by atoms with Crippen LogP contribution in [0.15, 0.2) is 0 Å². The third-order valence-electron chi connectivity index (χ3n) is 11.3.